The molecule has 1 aromatic rings. The third-order valence-electron chi connectivity index (χ3n) is 2.75. The SMILES string of the molecule is CCOC(=O)CN(CC)C(=O)/C=C/c1cccc(C#N)c1. The van der Waals surface area contributed by atoms with Crippen LogP contribution in [0.4, 0.5) is 0 Å². The van der Waals surface area contributed by atoms with Crippen molar-refractivity contribution in [1.29, 1.82) is 5.26 Å². The molecule has 0 spiro atoms. The number of nitrogens with zero attached hydrogens (tertiary/aromatic N) is 2. The van der Waals surface area contributed by atoms with Crippen molar-refractivity contribution in [3.63, 3.8) is 0 Å². The summed E-state index contributed by atoms with van der Waals surface area (Å²) in [6.07, 6.45) is 3.01. The fourth-order valence-electron chi connectivity index (χ4n) is 1.69. The highest BCUT2D eigenvalue weighted by molar-refractivity contribution is 5.93. The number of benzene rings is 1. The normalized spacial score (nSPS) is 10.1. The van der Waals surface area contributed by atoms with Crippen molar-refractivity contribution in [3.05, 3.63) is 41.5 Å². The highest BCUT2D eigenvalue weighted by atomic mass is 16.5. The van der Waals surface area contributed by atoms with E-state index < -0.39 is 5.97 Å². The molecule has 0 saturated carbocycles. The van der Waals surface area contributed by atoms with Crippen molar-refractivity contribution in [1.82, 2.24) is 4.90 Å². The molecular formula is C16H18N2O3. The molecule has 0 N–H and O–H groups in total. The van der Waals surface area contributed by atoms with Gasteiger partial charge in [-0.2, -0.15) is 5.26 Å². The second kappa shape index (κ2) is 8.54. The van der Waals surface area contributed by atoms with E-state index in [2.05, 4.69) is 0 Å². The van der Waals surface area contributed by atoms with E-state index >= 15 is 0 Å². The zero-order chi connectivity index (χ0) is 15.7. The zero-order valence-electron chi connectivity index (χ0n) is 12.2. The lowest BCUT2D eigenvalue weighted by atomic mass is 10.1. The van der Waals surface area contributed by atoms with E-state index in [-0.39, 0.29) is 12.5 Å². The van der Waals surface area contributed by atoms with E-state index in [1.54, 1.807) is 44.2 Å². The summed E-state index contributed by atoms with van der Waals surface area (Å²) in [6, 6.07) is 8.96. The molecule has 0 radical (unpaired) electrons. The molecule has 1 amide bonds. The third kappa shape index (κ3) is 5.49. The van der Waals surface area contributed by atoms with Crippen LogP contribution in [0.1, 0.15) is 25.0 Å². The van der Waals surface area contributed by atoms with E-state index in [0.29, 0.717) is 18.7 Å². The number of carbonyl (C=O) groups is 2. The number of nitriles is 1. The molecule has 0 fully saturated rings. The minimum atomic E-state index is -0.424. The summed E-state index contributed by atoms with van der Waals surface area (Å²) in [7, 11) is 0. The van der Waals surface area contributed by atoms with Gasteiger partial charge in [-0.15, -0.1) is 0 Å². The van der Waals surface area contributed by atoms with Crippen LogP contribution in [0.15, 0.2) is 30.3 Å². The van der Waals surface area contributed by atoms with Gasteiger partial charge in [0.2, 0.25) is 5.91 Å². The van der Waals surface area contributed by atoms with E-state index in [1.807, 2.05) is 6.07 Å². The smallest absolute Gasteiger partial charge is 0.325 e. The van der Waals surface area contributed by atoms with Gasteiger partial charge < -0.3 is 9.64 Å². The summed E-state index contributed by atoms with van der Waals surface area (Å²) in [4.78, 5) is 24.8. The Bertz CT molecular complexity index is 573. The summed E-state index contributed by atoms with van der Waals surface area (Å²) in [6.45, 7) is 4.16. The second-order valence-corrected chi connectivity index (χ2v) is 4.23. The first kappa shape index (κ1) is 16.4. The average molecular weight is 286 g/mol. The topological polar surface area (TPSA) is 70.4 Å². The van der Waals surface area contributed by atoms with E-state index in [9.17, 15) is 9.59 Å². The molecule has 0 aliphatic carbocycles. The predicted molar refractivity (Wildman–Crippen MR) is 79.1 cm³/mol. The summed E-state index contributed by atoms with van der Waals surface area (Å²) in [5.74, 6) is -0.694. The van der Waals surface area contributed by atoms with Gasteiger partial charge in [-0.25, -0.2) is 0 Å². The van der Waals surface area contributed by atoms with Crippen molar-refractivity contribution >= 4 is 18.0 Å². The molecule has 1 aromatic carbocycles. The van der Waals surface area contributed by atoms with Crippen LogP contribution in [0.3, 0.4) is 0 Å². The Morgan fingerprint density at radius 2 is 2.14 bits per heavy atom. The number of esters is 1. The molecule has 0 heterocycles. The minimum absolute atomic E-state index is 0.0637. The molecule has 0 atom stereocenters. The van der Waals surface area contributed by atoms with Gasteiger partial charge in [-0.3, -0.25) is 9.59 Å². The Balaban J connectivity index is 2.70. The Hall–Kier alpha value is -2.61. The van der Waals surface area contributed by atoms with Crippen LogP contribution in [0, 0.1) is 11.3 Å². The summed E-state index contributed by atoms with van der Waals surface area (Å²) in [5.41, 5.74) is 1.29. The van der Waals surface area contributed by atoms with Crippen LogP contribution < -0.4 is 0 Å². The van der Waals surface area contributed by atoms with Gasteiger partial charge in [-0.05, 0) is 37.6 Å². The first-order valence-electron chi connectivity index (χ1n) is 6.73. The minimum Gasteiger partial charge on any atom is -0.465 e. The maximum absolute atomic E-state index is 12.0. The molecule has 0 aliphatic rings. The van der Waals surface area contributed by atoms with Gasteiger partial charge in [0.25, 0.3) is 0 Å². The van der Waals surface area contributed by atoms with E-state index in [1.165, 1.54) is 11.0 Å². The third-order valence-corrected chi connectivity index (χ3v) is 2.75. The lowest BCUT2D eigenvalue weighted by molar-refractivity contribution is -0.147. The number of hydrogen-bond acceptors (Lipinski definition) is 4. The summed E-state index contributed by atoms with van der Waals surface area (Å²) >= 11 is 0. The molecule has 5 heteroatoms. The standard InChI is InChI=1S/C16H18N2O3/c1-3-18(12-16(20)21-4-2)15(19)9-8-13-6-5-7-14(10-13)11-17/h5-10H,3-4,12H2,1-2H3/b9-8+. The van der Waals surface area contributed by atoms with Crippen molar-refractivity contribution in [2.75, 3.05) is 19.7 Å². The lowest BCUT2D eigenvalue weighted by Crippen LogP contribution is -2.35. The second-order valence-electron chi connectivity index (χ2n) is 4.23. The summed E-state index contributed by atoms with van der Waals surface area (Å²) < 4.78 is 4.82. The maximum Gasteiger partial charge on any atom is 0.325 e. The van der Waals surface area contributed by atoms with Gasteiger partial charge in [0.1, 0.15) is 6.54 Å². The predicted octanol–water partition coefficient (Wildman–Crippen LogP) is 1.98. The van der Waals surface area contributed by atoms with Crippen molar-refractivity contribution in [2.24, 2.45) is 0 Å². The van der Waals surface area contributed by atoms with Gasteiger partial charge >= 0.3 is 5.97 Å². The maximum atomic E-state index is 12.0. The molecule has 1 rings (SSSR count). The first-order chi connectivity index (χ1) is 10.1. The fourth-order valence-corrected chi connectivity index (χ4v) is 1.69. The van der Waals surface area contributed by atoms with Crippen LogP contribution in [-0.2, 0) is 14.3 Å². The van der Waals surface area contributed by atoms with Crippen molar-refractivity contribution in [3.8, 4) is 6.07 Å². The number of carbonyl (C=O) groups excluding carboxylic acids is 2. The first-order valence-corrected chi connectivity index (χ1v) is 6.73. The highest BCUT2D eigenvalue weighted by Gasteiger charge is 2.13. The fraction of sp³-hybridized carbons (Fsp3) is 0.312. The van der Waals surface area contributed by atoms with Gasteiger partial charge in [0.15, 0.2) is 0 Å². The lowest BCUT2D eigenvalue weighted by Gasteiger charge is -2.17. The van der Waals surface area contributed by atoms with Gasteiger partial charge in [-0.1, -0.05) is 12.1 Å². The van der Waals surface area contributed by atoms with Crippen LogP contribution in [0.2, 0.25) is 0 Å². The Labute approximate surface area is 124 Å². The molecule has 0 bridgehead atoms. The molecule has 0 aromatic heterocycles. The zero-order valence-corrected chi connectivity index (χ0v) is 12.2. The molecule has 0 unspecified atom stereocenters. The quantitative estimate of drug-likeness (QED) is 0.592. The number of ether oxygens (including phenoxy) is 1. The Kier molecular flexibility index (Phi) is 6.69. The molecule has 0 aliphatic heterocycles. The number of likely N-dealkylation sites (N-methyl/N-ethyl adjacent to an activating group) is 1. The van der Waals surface area contributed by atoms with Crippen LogP contribution in [0.25, 0.3) is 6.08 Å². The molecular weight excluding hydrogens is 268 g/mol. The van der Waals surface area contributed by atoms with E-state index in [4.69, 9.17) is 10.00 Å². The van der Waals surface area contributed by atoms with E-state index in [0.717, 1.165) is 5.56 Å². The highest BCUT2D eigenvalue weighted by Crippen LogP contribution is 2.06. The van der Waals surface area contributed by atoms with Crippen LogP contribution >= 0.6 is 0 Å². The largest absolute Gasteiger partial charge is 0.465 e. The van der Waals surface area contributed by atoms with Crippen molar-refractivity contribution in [2.45, 2.75) is 13.8 Å². The monoisotopic (exact) mass is 286 g/mol. The van der Waals surface area contributed by atoms with Gasteiger partial charge in [0.05, 0.1) is 18.2 Å². The number of rotatable bonds is 6. The molecule has 110 valence electrons. The van der Waals surface area contributed by atoms with Crippen molar-refractivity contribution < 1.29 is 14.3 Å². The summed E-state index contributed by atoms with van der Waals surface area (Å²) in [5, 5.41) is 8.81. The Morgan fingerprint density at radius 1 is 1.38 bits per heavy atom. The molecule has 21 heavy (non-hydrogen) atoms. The number of hydrogen-bond donors (Lipinski definition) is 0. The molecule has 5 nitrogen and oxygen atoms in total. The van der Waals surface area contributed by atoms with Gasteiger partial charge in [0, 0.05) is 12.6 Å². The Morgan fingerprint density at radius 3 is 2.76 bits per heavy atom. The average Bonchev–Trinajstić information content (AvgIpc) is 2.50. The van der Waals surface area contributed by atoms with Crippen LogP contribution in [-0.4, -0.2) is 36.5 Å². The number of amides is 1. The van der Waals surface area contributed by atoms with Crippen LogP contribution in [0.5, 0.6) is 0 Å². The molecule has 0 saturated heterocycles.